The summed E-state index contributed by atoms with van der Waals surface area (Å²) < 4.78 is 5.02. The van der Waals surface area contributed by atoms with Crippen molar-refractivity contribution in [2.75, 3.05) is 19.0 Å². The summed E-state index contributed by atoms with van der Waals surface area (Å²) >= 11 is 3.35. The Labute approximate surface area is 111 Å². The SMILES string of the molecule is COCC(CBr)NC(=O)Cc1ccccc1C. The molecule has 1 unspecified atom stereocenters. The van der Waals surface area contributed by atoms with E-state index in [0.717, 1.165) is 11.1 Å². The van der Waals surface area contributed by atoms with Crippen molar-refractivity contribution in [3.05, 3.63) is 35.4 Å². The molecule has 0 saturated heterocycles. The van der Waals surface area contributed by atoms with Gasteiger partial charge in [-0.1, -0.05) is 40.2 Å². The van der Waals surface area contributed by atoms with Crippen LogP contribution in [-0.4, -0.2) is 31.0 Å². The lowest BCUT2D eigenvalue weighted by atomic mass is 10.1. The predicted molar refractivity (Wildman–Crippen MR) is 72.5 cm³/mol. The van der Waals surface area contributed by atoms with Crippen LogP contribution in [0.1, 0.15) is 11.1 Å². The molecular weight excluding hydrogens is 282 g/mol. The van der Waals surface area contributed by atoms with Crippen LogP contribution in [0.15, 0.2) is 24.3 Å². The third kappa shape index (κ3) is 4.88. The number of hydrogen-bond donors (Lipinski definition) is 1. The summed E-state index contributed by atoms with van der Waals surface area (Å²) in [5.41, 5.74) is 2.21. The summed E-state index contributed by atoms with van der Waals surface area (Å²) in [6.45, 7) is 2.53. The number of ether oxygens (including phenoxy) is 1. The fourth-order valence-electron chi connectivity index (χ4n) is 1.59. The first kappa shape index (κ1) is 14.2. The number of carbonyl (C=O) groups is 1. The van der Waals surface area contributed by atoms with Gasteiger partial charge in [-0.2, -0.15) is 0 Å². The number of carbonyl (C=O) groups excluding carboxylic acids is 1. The summed E-state index contributed by atoms with van der Waals surface area (Å²) in [5, 5.41) is 3.63. The second kappa shape index (κ2) is 7.45. The summed E-state index contributed by atoms with van der Waals surface area (Å²) in [6, 6.07) is 7.94. The van der Waals surface area contributed by atoms with E-state index < -0.39 is 0 Å². The van der Waals surface area contributed by atoms with Gasteiger partial charge < -0.3 is 10.1 Å². The zero-order valence-corrected chi connectivity index (χ0v) is 11.8. The molecule has 1 aromatic rings. The average Bonchev–Trinajstić information content (AvgIpc) is 2.31. The molecule has 0 aliphatic carbocycles. The van der Waals surface area contributed by atoms with Gasteiger partial charge >= 0.3 is 0 Å². The van der Waals surface area contributed by atoms with Gasteiger partial charge in [-0.3, -0.25) is 4.79 Å². The van der Waals surface area contributed by atoms with Crippen molar-refractivity contribution < 1.29 is 9.53 Å². The molecule has 1 N–H and O–H groups in total. The number of methoxy groups -OCH3 is 1. The van der Waals surface area contributed by atoms with Crippen molar-refractivity contribution in [1.29, 1.82) is 0 Å². The van der Waals surface area contributed by atoms with Crippen LogP contribution in [0.3, 0.4) is 0 Å². The zero-order chi connectivity index (χ0) is 12.7. The molecule has 0 spiro atoms. The minimum Gasteiger partial charge on any atom is -0.383 e. The van der Waals surface area contributed by atoms with E-state index in [0.29, 0.717) is 18.4 Å². The molecule has 0 bridgehead atoms. The average molecular weight is 300 g/mol. The highest BCUT2D eigenvalue weighted by atomic mass is 79.9. The molecule has 1 rings (SSSR count). The fourth-order valence-corrected chi connectivity index (χ4v) is 1.93. The van der Waals surface area contributed by atoms with Gasteiger partial charge in [0, 0.05) is 12.4 Å². The summed E-state index contributed by atoms with van der Waals surface area (Å²) in [7, 11) is 1.63. The Kier molecular flexibility index (Phi) is 6.22. The molecule has 0 radical (unpaired) electrons. The molecule has 4 heteroatoms. The van der Waals surface area contributed by atoms with Crippen LogP contribution in [0.5, 0.6) is 0 Å². The fraction of sp³-hybridized carbons (Fsp3) is 0.462. The standard InChI is InChI=1S/C13H18BrNO2/c1-10-5-3-4-6-11(10)7-13(16)15-12(8-14)9-17-2/h3-6,12H,7-9H2,1-2H3,(H,15,16). The number of rotatable bonds is 6. The van der Waals surface area contributed by atoms with Crippen LogP contribution in [0.2, 0.25) is 0 Å². The van der Waals surface area contributed by atoms with E-state index in [9.17, 15) is 4.79 Å². The molecular formula is C13H18BrNO2. The zero-order valence-electron chi connectivity index (χ0n) is 10.2. The summed E-state index contributed by atoms with van der Waals surface area (Å²) in [4.78, 5) is 11.8. The maximum absolute atomic E-state index is 11.8. The van der Waals surface area contributed by atoms with E-state index in [4.69, 9.17) is 4.74 Å². The minimum absolute atomic E-state index is 0.0246. The van der Waals surface area contributed by atoms with Crippen LogP contribution >= 0.6 is 15.9 Å². The predicted octanol–water partition coefficient (Wildman–Crippen LogP) is 2.06. The smallest absolute Gasteiger partial charge is 0.224 e. The summed E-state index contributed by atoms with van der Waals surface area (Å²) in [5.74, 6) is 0.0285. The molecule has 1 atom stereocenters. The molecule has 0 aliphatic rings. The van der Waals surface area contributed by atoms with Gasteiger partial charge in [0.05, 0.1) is 19.1 Å². The molecule has 1 aromatic carbocycles. The Morgan fingerprint density at radius 3 is 2.76 bits per heavy atom. The molecule has 17 heavy (non-hydrogen) atoms. The summed E-state index contributed by atoms with van der Waals surface area (Å²) in [6.07, 6.45) is 0.417. The van der Waals surface area contributed by atoms with Crippen molar-refractivity contribution in [2.24, 2.45) is 0 Å². The van der Waals surface area contributed by atoms with Crippen molar-refractivity contribution in [1.82, 2.24) is 5.32 Å². The first-order chi connectivity index (χ1) is 8.17. The lowest BCUT2D eigenvalue weighted by Gasteiger charge is -2.15. The molecule has 1 amide bonds. The molecule has 3 nitrogen and oxygen atoms in total. The lowest BCUT2D eigenvalue weighted by Crippen LogP contribution is -2.40. The number of benzene rings is 1. The third-order valence-corrected chi connectivity index (χ3v) is 3.31. The van der Waals surface area contributed by atoms with E-state index in [1.807, 2.05) is 31.2 Å². The van der Waals surface area contributed by atoms with Crippen LogP contribution in [0.4, 0.5) is 0 Å². The van der Waals surface area contributed by atoms with E-state index in [1.54, 1.807) is 7.11 Å². The van der Waals surface area contributed by atoms with Gasteiger partial charge in [0.2, 0.25) is 5.91 Å². The third-order valence-electron chi connectivity index (χ3n) is 2.53. The highest BCUT2D eigenvalue weighted by molar-refractivity contribution is 9.09. The molecule has 0 aliphatic heterocycles. The first-order valence-corrected chi connectivity index (χ1v) is 6.68. The Morgan fingerprint density at radius 1 is 1.47 bits per heavy atom. The molecule has 0 saturated carbocycles. The van der Waals surface area contributed by atoms with Gasteiger partial charge in [-0.25, -0.2) is 0 Å². The van der Waals surface area contributed by atoms with E-state index in [1.165, 1.54) is 0 Å². The first-order valence-electron chi connectivity index (χ1n) is 5.56. The lowest BCUT2D eigenvalue weighted by molar-refractivity contribution is -0.121. The van der Waals surface area contributed by atoms with Crippen LogP contribution in [0, 0.1) is 6.92 Å². The Balaban J connectivity index is 2.52. The monoisotopic (exact) mass is 299 g/mol. The van der Waals surface area contributed by atoms with Gasteiger partial charge in [0.25, 0.3) is 0 Å². The van der Waals surface area contributed by atoms with Crippen molar-refractivity contribution in [3.8, 4) is 0 Å². The molecule has 0 fully saturated rings. The normalized spacial score (nSPS) is 12.2. The van der Waals surface area contributed by atoms with Gasteiger partial charge in [0.15, 0.2) is 0 Å². The van der Waals surface area contributed by atoms with Gasteiger partial charge in [-0.05, 0) is 18.1 Å². The topological polar surface area (TPSA) is 38.3 Å². The number of alkyl halides is 1. The van der Waals surface area contributed by atoms with E-state index in [-0.39, 0.29) is 11.9 Å². The van der Waals surface area contributed by atoms with Crippen LogP contribution in [-0.2, 0) is 16.0 Å². The molecule has 0 heterocycles. The highest BCUT2D eigenvalue weighted by Gasteiger charge is 2.11. The van der Waals surface area contributed by atoms with Crippen molar-refractivity contribution in [2.45, 2.75) is 19.4 Å². The van der Waals surface area contributed by atoms with Crippen molar-refractivity contribution >= 4 is 21.8 Å². The number of hydrogen-bond acceptors (Lipinski definition) is 2. The van der Waals surface area contributed by atoms with Crippen LogP contribution in [0.25, 0.3) is 0 Å². The Bertz CT molecular complexity index is 368. The molecule has 94 valence electrons. The number of aryl methyl sites for hydroxylation is 1. The second-order valence-corrected chi connectivity index (χ2v) is 4.62. The molecule has 0 aromatic heterocycles. The quantitative estimate of drug-likeness (QED) is 0.817. The van der Waals surface area contributed by atoms with Crippen molar-refractivity contribution in [3.63, 3.8) is 0 Å². The van der Waals surface area contributed by atoms with E-state index >= 15 is 0 Å². The number of amides is 1. The van der Waals surface area contributed by atoms with Gasteiger partial charge in [0.1, 0.15) is 0 Å². The second-order valence-electron chi connectivity index (χ2n) is 3.98. The Morgan fingerprint density at radius 2 is 2.18 bits per heavy atom. The van der Waals surface area contributed by atoms with Crippen LogP contribution < -0.4 is 5.32 Å². The van der Waals surface area contributed by atoms with Gasteiger partial charge in [-0.15, -0.1) is 0 Å². The number of halogens is 1. The number of nitrogens with one attached hydrogen (secondary N) is 1. The van der Waals surface area contributed by atoms with E-state index in [2.05, 4.69) is 21.2 Å². The maximum Gasteiger partial charge on any atom is 0.224 e. The Hall–Kier alpha value is -0.870. The highest BCUT2D eigenvalue weighted by Crippen LogP contribution is 2.07. The minimum atomic E-state index is 0.0246. The maximum atomic E-state index is 11.8. The largest absolute Gasteiger partial charge is 0.383 e.